The molecule has 9 heteroatoms. The number of ether oxygens (including phenoxy) is 1. The van der Waals surface area contributed by atoms with Crippen LogP contribution in [0.25, 0.3) is 6.08 Å². The summed E-state index contributed by atoms with van der Waals surface area (Å²) < 4.78 is 5.75. The molecule has 1 aliphatic rings. The van der Waals surface area contributed by atoms with Gasteiger partial charge in [-0.1, -0.05) is 59.1 Å². The fraction of sp³-hybridized carbons (Fsp3) is 0.0417. The highest BCUT2D eigenvalue weighted by atomic mass is 35.5. The van der Waals surface area contributed by atoms with E-state index in [1.807, 2.05) is 0 Å². The lowest BCUT2D eigenvalue weighted by Gasteiger charge is -2.12. The number of halogens is 3. The predicted octanol–water partition coefficient (Wildman–Crippen LogP) is 6.19. The summed E-state index contributed by atoms with van der Waals surface area (Å²) in [5.41, 5.74) is 2.09. The van der Waals surface area contributed by atoms with Gasteiger partial charge in [0.2, 0.25) is 0 Å². The molecule has 1 N–H and O–H groups in total. The Labute approximate surface area is 204 Å². The Bertz CT molecular complexity index is 1330. The minimum Gasteiger partial charge on any atom is -0.486 e. The van der Waals surface area contributed by atoms with Crippen LogP contribution in [-0.4, -0.2) is 11.9 Å². The van der Waals surface area contributed by atoms with Crippen LogP contribution in [0.4, 0.5) is 10.5 Å². The number of nitrogens with one attached hydrogen (secondary N) is 1. The molecule has 3 aromatic carbocycles. The molecule has 3 aromatic rings. The molecule has 1 heterocycles. The third-order valence-corrected chi connectivity index (χ3v) is 5.58. The van der Waals surface area contributed by atoms with Crippen molar-refractivity contribution in [1.29, 1.82) is 5.26 Å². The third kappa shape index (κ3) is 4.81. The minimum atomic E-state index is -0.596. The Morgan fingerprint density at radius 1 is 1.00 bits per heavy atom. The molecule has 164 valence electrons. The molecule has 1 saturated heterocycles. The molecular weight excluding hydrogens is 485 g/mol. The number of nitrogens with zero attached hydrogens (tertiary/aromatic N) is 2. The van der Waals surface area contributed by atoms with Gasteiger partial charge in [-0.15, -0.1) is 0 Å². The number of nitriles is 1. The Morgan fingerprint density at radius 3 is 2.42 bits per heavy atom. The standard InChI is InChI=1S/C24H14Cl3N3O3/c25-17-6-3-7-18(11-17)30-23(31)21(29-24(30)32)10-14-8-19(26)22(20(27)9-14)33-13-16-5-2-1-4-15(16)12-28/h1-11H,13H2,(H,29,32)/b21-10+. The summed E-state index contributed by atoms with van der Waals surface area (Å²) in [4.78, 5) is 26.2. The number of benzene rings is 3. The summed E-state index contributed by atoms with van der Waals surface area (Å²) in [5, 5.41) is 12.6. The van der Waals surface area contributed by atoms with E-state index in [1.165, 1.54) is 12.1 Å². The number of hydrogen-bond donors (Lipinski definition) is 1. The van der Waals surface area contributed by atoms with Crippen LogP contribution in [0, 0.1) is 11.3 Å². The van der Waals surface area contributed by atoms with Crippen LogP contribution < -0.4 is 15.0 Å². The number of urea groups is 1. The van der Waals surface area contributed by atoms with Crippen LogP contribution in [0.2, 0.25) is 15.1 Å². The van der Waals surface area contributed by atoms with Crippen LogP contribution in [0.15, 0.2) is 66.4 Å². The molecule has 1 aliphatic heterocycles. The SMILES string of the molecule is N#Cc1ccccc1COc1c(Cl)cc(/C=C2/NC(=O)N(c3cccc(Cl)c3)C2=O)cc1Cl. The van der Waals surface area contributed by atoms with Crippen LogP contribution >= 0.6 is 34.8 Å². The van der Waals surface area contributed by atoms with E-state index in [0.29, 0.717) is 27.4 Å². The number of carbonyl (C=O) groups excluding carboxylic acids is 2. The molecule has 0 spiro atoms. The van der Waals surface area contributed by atoms with Crippen molar-refractivity contribution in [2.75, 3.05) is 4.90 Å². The maximum Gasteiger partial charge on any atom is 0.333 e. The molecule has 0 saturated carbocycles. The first-order chi connectivity index (χ1) is 15.9. The van der Waals surface area contributed by atoms with Gasteiger partial charge in [0.15, 0.2) is 5.75 Å². The van der Waals surface area contributed by atoms with Crippen molar-refractivity contribution in [1.82, 2.24) is 5.32 Å². The Kier molecular flexibility index (Phi) is 6.57. The van der Waals surface area contributed by atoms with Crippen molar-refractivity contribution < 1.29 is 14.3 Å². The first-order valence-corrected chi connectivity index (χ1v) is 10.7. The highest BCUT2D eigenvalue weighted by molar-refractivity contribution is 6.37. The molecular formula is C24H14Cl3N3O3. The average Bonchev–Trinajstić information content (AvgIpc) is 3.06. The molecule has 6 nitrogen and oxygen atoms in total. The summed E-state index contributed by atoms with van der Waals surface area (Å²) in [7, 11) is 0. The van der Waals surface area contributed by atoms with Gasteiger partial charge >= 0.3 is 6.03 Å². The molecule has 33 heavy (non-hydrogen) atoms. The Hall–Kier alpha value is -3.50. The largest absolute Gasteiger partial charge is 0.486 e. The first-order valence-electron chi connectivity index (χ1n) is 9.60. The topological polar surface area (TPSA) is 82.4 Å². The lowest BCUT2D eigenvalue weighted by Crippen LogP contribution is -2.30. The molecule has 0 atom stereocenters. The van der Waals surface area contributed by atoms with Gasteiger partial charge in [0.05, 0.1) is 27.4 Å². The summed E-state index contributed by atoms with van der Waals surface area (Å²) >= 11 is 18.7. The number of rotatable bonds is 5. The zero-order valence-electron chi connectivity index (χ0n) is 16.8. The van der Waals surface area contributed by atoms with E-state index < -0.39 is 11.9 Å². The van der Waals surface area contributed by atoms with Crippen molar-refractivity contribution in [2.24, 2.45) is 0 Å². The van der Waals surface area contributed by atoms with Crippen molar-refractivity contribution in [2.45, 2.75) is 6.61 Å². The Balaban J connectivity index is 1.56. The van der Waals surface area contributed by atoms with Gasteiger partial charge in [-0.25, -0.2) is 9.69 Å². The molecule has 3 amide bonds. The van der Waals surface area contributed by atoms with Crippen LogP contribution in [0.5, 0.6) is 5.75 Å². The zero-order chi connectivity index (χ0) is 23.5. The number of imide groups is 1. The van der Waals surface area contributed by atoms with E-state index in [0.717, 1.165) is 4.90 Å². The van der Waals surface area contributed by atoms with Gasteiger partial charge in [0.1, 0.15) is 12.3 Å². The maximum absolute atomic E-state index is 12.8. The molecule has 0 aromatic heterocycles. The number of amides is 3. The van der Waals surface area contributed by atoms with Crippen LogP contribution in [0.1, 0.15) is 16.7 Å². The first kappa shape index (κ1) is 22.7. The second-order valence-corrected chi connectivity index (χ2v) is 8.23. The second kappa shape index (κ2) is 9.55. The number of anilines is 1. The number of carbonyl (C=O) groups is 2. The van der Waals surface area contributed by atoms with Gasteiger partial charge in [0, 0.05) is 10.6 Å². The summed E-state index contributed by atoms with van der Waals surface area (Å²) in [6.45, 7) is 0.104. The van der Waals surface area contributed by atoms with Gasteiger partial charge < -0.3 is 10.1 Å². The Morgan fingerprint density at radius 2 is 1.73 bits per heavy atom. The fourth-order valence-corrected chi connectivity index (χ4v) is 4.05. The van der Waals surface area contributed by atoms with E-state index in [2.05, 4.69) is 11.4 Å². The summed E-state index contributed by atoms with van der Waals surface area (Å²) in [5.74, 6) is -0.293. The zero-order valence-corrected chi connectivity index (χ0v) is 19.1. The fourth-order valence-electron chi connectivity index (χ4n) is 3.26. The van der Waals surface area contributed by atoms with Crippen molar-refractivity contribution in [3.63, 3.8) is 0 Å². The smallest absolute Gasteiger partial charge is 0.333 e. The highest BCUT2D eigenvalue weighted by Crippen LogP contribution is 2.36. The van der Waals surface area contributed by atoms with Crippen molar-refractivity contribution in [3.05, 3.63) is 98.1 Å². The van der Waals surface area contributed by atoms with E-state index >= 15 is 0 Å². The maximum atomic E-state index is 12.8. The van der Waals surface area contributed by atoms with Gasteiger partial charge in [-0.3, -0.25) is 4.79 Å². The quantitative estimate of drug-likeness (QED) is 0.336. The number of hydrogen-bond acceptors (Lipinski definition) is 4. The lowest BCUT2D eigenvalue weighted by molar-refractivity contribution is -0.113. The third-order valence-electron chi connectivity index (χ3n) is 4.79. The summed E-state index contributed by atoms with van der Waals surface area (Å²) in [6, 6.07) is 18.1. The van der Waals surface area contributed by atoms with Gasteiger partial charge in [-0.2, -0.15) is 5.26 Å². The molecule has 0 aliphatic carbocycles. The monoisotopic (exact) mass is 497 g/mol. The average molecular weight is 499 g/mol. The molecule has 1 fully saturated rings. The van der Waals surface area contributed by atoms with E-state index in [1.54, 1.807) is 54.6 Å². The van der Waals surface area contributed by atoms with Gasteiger partial charge in [0.25, 0.3) is 5.91 Å². The van der Waals surface area contributed by atoms with Crippen LogP contribution in [-0.2, 0) is 11.4 Å². The second-order valence-electron chi connectivity index (χ2n) is 6.98. The normalized spacial score (nSPS) is 14.4. The van der Waals surface area contributed by atoms with Crippen molar-refractivity contribution >= 4 is 58.5 Å². The van der Waals surface area contributed by atoms with E-state index in [-0.39, 0.29) is 28.1 Å². The lowest BCUT2D eigenvalue weighted by atomic mass is 10.1. The summed E-state index contributed by atoms with van der Waals surface area (Å²) in [6.07, 6.45) is 1.47. The van der Waals surface area contributed by atoms with Gasteiger partial charge in [-0.05, 0) is 48.0 Å². The molecule has 4 rings (SSSR count). The molecule has 0 bridgehead atoms. The predicted molar refractivity (Wildman–Crippen MR) is 127 cm³/mol. The highest BCUT2D eigenvalue weighted by Gasteiger charge is 2.35. The molecule has 0 radical (unpaired) electrons. The molecule has 0 unspecified atom stereocenters. The van der Waals surface area contributed by atoms with Crippen molar-refractivity contribution in [3.8, 4) is 11.8 Å². The minimum absolute atomic E-state index is 0.0590. The van der Waals surface area contributed by atoms with E-state index in [4.69, 9.17) is 39.5 Å². The van der Waals surface area contributed by atoms with Crippen LogP contribution in [0.3, 0.4) is 0 Å². The van der Waals surface area contributed by atoms with E-state index in [9.17, 15) is 14.9 Å².